The summed E-state index contributed by atoms with van der Waals surface area (Å²) < 4.78 is 11.9. The molecule has 0 saturated heterocycles. The van der Waals surface area contributed by atoms with Crippen molar-refractivity contribution in [2.75, 3.05) is 13.2 Å². The van der Waals surface area contributed by atoms with Gasteiger partial charge in [-0.05, 0) is 65.4 Å². The Morgan fingerprint density at radius 1 is 0.564 bits per heavy atom. The first-order chi connectivity index (χ1) is 19.1. The van der Waals surface area contributed by atoms with Crippen molar-refractivity contribution in [1.29, 1.82) is 0 Å². The zero-order chi connectivity index (χ0) is 27.7. The summed E-state index contributed by atoms with van der Waals surface area (Å²) in [6.07, 6.45) is 14.7. The van der Waals surface area contributed by atoms with Crippen LogP contribution >= 0.6 is 0 Å². The van der Waals surface area contributed by atoms with E-state index in [9.17, 15) is 9.90 Å². The Kier molecular flexibility index (Phi) is 13.5. The molecule has 4 nitrogen and oxygen atoms in total. The Hall–Kier alpha value is -3.27. The standard InChI is InChI=1S/C35H46O4/c1-3-5-7-9-10-12-14-25-38-31-21-19-29(20-22-31)28-15-17-30(18-16-28)34-27-32(23-24-33(34)35(36)37)39-26-13-11-8-6-4-2/h15-24,27H,3-14,25-26H2,1-2H3,(H,36,37)/p-1. The quantitative estimate of drug-likeness (QED) is 0.146. The Morgan fingerprint density at radius 3 is 1.54 bits per heavy atom. The molecule has 0 bridgehead atoms. The zero-order valence-corrected chi connectivity index (χ0v) is 23.9. The van der Waals surface area contributed by atoms with Gasteiger partial charge >= 0.3 is 0 Å². The van der Waals surface area contributed by atoms with E-state index in [2.05, 4.69) is 26.0 Å². The topological polar surface area (TPSA) is 58.6 Å². The van der Waals surface area contributed by atoms with E-state index in [-0.39, 0.29) is 5.56 Å². The number of benzene rings is 3. The lowest BCUT2D eigenvalue weighted by molar-refractivity contribution is -0.254. The molecule has 0 aliphatic heterocycles. The normalized spacial score (nSPS) is 10.9. The van der Waals surface area contributed by atoms with E-state index >= 15 is 0 Å². The average molecular weight is 530 g/mol. The van der Waals surface area contributed by atoms with Gasteiger partial charge in [-0.2, -0.15) is 0 Å². The van der Waals surface area contributed by atoms with Gasteiger partial charge in [0.1, 0.15) is 11.5 Å². The van der Waals surface area contributed by atoms with Crippen molar-refractivity contribution in [3.8, 4) is 33.8 Å². The molecule has 0 spiro atoms. The maximum Gasteiger partial charge on any atom is 0.119 e. The molecule has 0 radical (unpaired) electrons. The second kappa shape index (κ2) is 17.3. The van der Waals surface area contributed by atoms with Crippen LogP contribution in [0, 0.1) is 0 Å². The summed E-state index contributed by atoms with van der Waals surface area (Å²) in [6, 6.07) is 21.2. The largest absolute Gasteiger partial charge is 0.545 e. The van der Waals surface area contributed by atoms with Crippen LogP contribution in [0.25, 0.3) is 22.3 Å². The van der Waals surface area contributed by atoms with Crippen molar-refractivity contribution in [2.45, 2.75) is 90.9 Å². The van der Waals surface area contributed by atoms with Gasteiger partial charge in [-0.25, -0.2) is 0 Å². The number of carboxylic acids is 1. The molecule has 0 heterocycles. The number of hydrogen-bond donors (Lipinski definition) is 0. The Balaban J connectivity index is 1.56. The van der Waals surface area contributed by atoms with Gasteiger partial charge in [0.2, 0.25) is 0 Å². The van der Waals surface area contributed by atoms with Crippen molar-refractivity contribution in [3.63, 3.8) is 0 Å². The van der Waals surface area contributed by atoms with Crippen LogP contribution in [-0.2, 0) is 0 Å². The van der Waals surface area contributed by atoms with Crippen molar-refractivity contribution < 1.29 is 19.4 Å². The van der Waals surface area contributed by atoms with Gasteiger partial charge in [-0.15, -0.1) is 0 Å². The lowest BCUT2D eigenvalue weighted by Gasteiger charge is -2.14. The summed E-state index contributed by atoms with van der Waals surface area (Å²) in [5.41, 5.74) is 3.75. The molecule has 39 heavy (non-hydrogen) atoms. The summed E-state index contributed by atoms with van der Waals surface area (Å²) in [5.74, 6) is 0.385. The first-order valence-electron chi connectivity index (χ1n) is 14.9. The molecule has 0 unspecified atom stereocenters. The molecule has 0 atom stereocenters. The number of carbonyl (C=O) groups is 1. The minimum atomic E-state index is -1.19. The number of ether oxygens (including phenoxy) is 2. The maximum absolute atomic E-state index is 11.8. The van der Waals surface area contributed by atoms with Crippen molar-refractivity contribution in [2.24, 2.45) is 0 Å². The predicted octanol–water partition coefficient (Wildman–Crippen LogP) is 8.86. The van der Waals surface area contributed by atoms with Crippen LogP contribution in [0.3, 0.4) is 0 Å². The van der Waals surface area contributed by atoms with Gasteiger partial charge in [-0.1, -0.05) is 114 Å². The lowest BCUT2D eigenvalue weighted by atomic mass is 9.96. The molecule has 4 heteroatoms. The molecular formula is C35H45O4-. The molecule has 3 aromatic rings. The maximum atomic E-state index is 11.8. The highest BCUT2D eigenvalue weighted by atomic mass is 16.5. The number of carbonyl (C=O) groups excluding carboxylic acids is 1. The Labute approximate surface area is 235 Å². The van der Waals surface area contributed by atoms with E-state index in [1.54, 1.807) is 12.1 Å². The fourth-order valence-electron chi connectivity index (χ4n) is 4.76. The van der Waals surface area contributed by atoms with Crippen LogP contribution < -0.4 is 14.6 Å². The van der Waals surface area contributed by atoms with Gasteiger partial charge < -0.3 is 19.4 Å². The number of hydrogen-bond acceptors (Lipinski definition) is 4. The van der Waals surface area contributed by atoms with Crippen LogP contribution in [0.4, 0.5) is 0 Å². The third-order valence-electron chi connectivity index (χ3n) is 7.13. The number of rotatable bonds is 19. The summed E-state index contributed by atoms with van der Waals surface area (Å²) in [7, 11) is 0. The fraction of sp³-hybridized carbons (Fsp3) is 0.457. The third-order valence-corrected chi connectivity index (χ3v) is 7.13. The number of aromatic carboxylic acids is 1. The highest BCUT2D eigenvalue weighted by Gasteiger charge is 2.10. The summed E-state index contributed by atoms with van der Waals surface area (Å²) in [4.78, 5) is 11.8. The molecule has 210 valence electrons. The molecule has 0 aliphatic rings. The van der Waals surface area contributed by atoms with Crippen LogP contribution in [0.1, 0.15) is 101 Å². The molecular weight excluding hydrogens is 484 g/mol. The van der Waals surface area contributed by atoms with Gasteiger partial charge in [0.25, 0.3) is 0 Å². The Bertz CT molecular complexity index is 1100. The van der Waals surface area contributed by atoms with E-state index < -0.39 is 5.97 Å². The SMILES string of the molecule is CCCCCCCCCOc1ccc(-c2ccc(-c3cc(OCCCCCCC)ccc3C(=O)[O-])cc2)cc1. The molecule has 0 amide bonds. The van der Waals surface area contributed by atoms with Crippen LogP contribution in [0.5, 0.6) is 11.5 Å². The van der Waals surface area contributed by atoms with E-state index in [0.29, 0.717) is 17.9 Å². The highest BCUT2D eigenvalue weighted by molar-refractivity contribution is 5.95. The lowest BCUT2D eigenvalue weighted by Crippen LogP contribution is -2.23. The van der Waals surface area contributed by atoms with Crippen molar-refractivity contribution >= 4 is 5.97 Å². The van der Waals surface area contributed by atoms with Gasteiger partial charge in [0.15, 0.2) is 0 Å². The second-order valence-electron chi connectivity index (χ2n) is 10.3. The smallest absolute Gasteiger partial charge is 0.119 e. The zero-order valence-electron chi connectivity index (χ0n) is 23.9. The predicted molar refractivity (Wildman–Crippen MR) is 159 cm³/mol. The van der Waals surface area contributed by atoms with Crippen LogP contribution in [0.2, 0.25) is 0 Å². The van der Waals surface area contributed by atoms with Gasteiger partial charge in [0, 0.05) is 5.56 Å². The molecule has 3 aromatic carbocycles. The van der Waals surface area contributed by atoms with Gasteiger partial charge in [-0.3, -0.25) is 0 Å². The number of unbranched alkanes of at least 4 members (excludes halogenated alkanes) is 10. The Morgan fingerprint density at radius 2 is 1.00 bits per heavy atom. The van der Waals surface area contributed by atoms with Gasteiger partial charge in [0.05, 0.1) is 19.2 Å². The minimum Gasteiger partial charge on any atom is -0.545 e. The fourth-order valence-corrected chi connectivity index (χ4v) is 4.76. The van der Waals surface area contributed by atoms with Crippen molar-refractivity contribution in [3.05, 3.63) is 72.3 Å². The summed E-state index contributed by atoms with van der Waals surface area (Å²) >= 11 is 0. The third kappa shape index (κ3) is 10.4. The molecule has 0 aliphatic carbocycles. The monoisotopic (exact) mass is 529 g/mol. The molecule has 3 rings (SSSR count). The number of carboxylic acid groups (broad SMARTS) is 1. The molecule has 0 aromatic heterocycles. The van der Waals surface area contributed by atoms with E-state index in [1.165, 1.54) is 57.8 Å². The molecule has 0 saturated carbocycles. The average Bonchev–Trinajstić information content (AvgIpc) is 2.96. The van der Waals surface area contributed by atoms with Crippen molar-refractivity contribution in [1.82, 2.24) is 0 Å². The first kappa shape index (κ1) is 30.3. The van der Waals surface area contributed by atoms with E-state index in [4.69, 9.17) is 9.47 Å². The van der Waals surface area contributed by atoms with Crippen LogP contribution in [0.15, 0.2) is 66.7 Å². The summed E-state index contributed by atoms with van der Waals surface area (Å²) in [5, 5.41) is 11.8. The van der Waals surface area contributed by atoms with Crippen LogP contribution in [-0.4, -0.2) is 19.2 Å². The summed E-state index contributed by atoms with van der Waals surface area (Å²) in [6.45, 7) is 5.83. The molecule has 0 N–H and O–H groups in total. The highest BCUT2D eigenvalue weighted by Crippen LogP contribution is 2.31. The van der Waals surface area contributed by atoms with E-state index in [0.717, 1.165) is 48.3 Å². The van der Waals surface area contributed by atoms with E-state index in [1.807, 2.05) is 42.5 Å². The molecule has 0 fully saturated rings. The first-order valence-corrected chi connectivity index (χ1v) is 14.9. The second-order valence-corrected chi connectivity index (χ2v) is 10.3. The minimum absolute atomic E-state index is 0.167.